The number of hydrogen-bond donors (Lipinski definition) is 0. The molecule has 0 bridgehead atoms. The minimum atomic E-state index is -0.351. The molecule has 0 saturated heterocycles. The van der Waals surface area contributed by atoms with Crippen LogP contribution in [-0.4, -0.2) is 30.0 Å². The van der Waals surface area contributed by atoms with Gasteiger partial charge >= 0.3 is 0 Å². The van der Waals surface area contributed by atoms with E-state index in [0.717, 1.165) is 31.9 Å². The zero-order chi connectivity index (χ0) is 16.9. The SMILES string of the molecule is CN(C/C=C/c1ccccc1[N+](=O)[O-])Cc1ccc2c(c1)CCO2. The van der Waals surface area contributed by atoms with Gasteiger partial charge in [0, 0.05) is 25.6 Å². The first kappa shape index (κ1) is 16.2. The lowest BCUT2D eigenvalue weighted by molar-refractivity contribution is -0.385. The molecule has 5 nitrogen and oxygen atoms in total. The normalized spacial score (nSPS) is 13.2. The molecular weight excluding hydrogens is 304 g/mol. The van der Waals surface area contributed by atoms with Gasteiger partial charge in [0.2, 0.25) is 0 Å². The number of benzene rings is 2. The first-order valence-electron chi connectivity index (χ1n) is 7.96. The summed E-state index contributed by atoms with van der Waals surface area (Å²) in [5.41, 5.74) is 3.29. The van der Waals surface area contributed by atoms with Crippen molar-refractivity contribution in [2.45, 2.75) is 13.0 Å². The van der Waals surface area contributed by atoms with Crippen LogP contribution in [-0.2, 0) is 13.0 Å². The van der Waals surface area contributed by atoms with Crippen molar-refractivity contribution in [3.8, 4) is 5.75 Å². The molecular formula is C19H20N2O3. The summed E-state index contributed by atoms with van der Waals surface area (Å²) in [6.45, 7) is 2.32. The summed E-state index contributed by atoms with van der Waals surface area (Å²) in [6.07, 6.45) is 4.74. The third-order valence-corrected chi connectivity index (χ3v) is 4.05. The van der Waals surface area contributed by atoms with Crippen molar-refractivity contribution in [3.05, 3.63) is 75.3 Å². The van der Waals surface area contributed by atoms with Crippen molar-refractivity contribution < 1.29 is 9.66 Å². The van der Waals surface area contributed by atoms with E-state index in [2.05, 4.69) is 17.0 Å². The Balaban J connectivity index is 1.59. The molecule has 24 heavy (non-hydrogen) atoms. The fourth-order valence-electron chi connectivity index (χ4n) is 2.87. The zero-order valence-electron chi connectivity index (χ0n) is 13.6. The lowest BCUT2D eigenvalue weighted by Gasteiger charge is -2.15. The van der Waals surface area contributed by atoms with Crippen LogP contribution in [0.2, 0.25) is 0 Å². The molecule has 0 amide bonds. The lowest BCUT2D eigenvalue weighted by atomic mass is 10.1. The second-order valence-electron chi connectivity index (χ2n) is 5.96. The van der Waals surface area contributed by atoms with E-state index >= 15 is 0 Å². The van der Waals surface area contributed by atoms with Gasteiger partial charge in [0.25, 0.3) is 5.69 Å². The van der Waals surface area contributed by atoms with E-state index in [4.69, 9.17) is 4.74 Å². The highest BCUT2D eigenvalue weighted by atomic mass is 16.6. The summed E-state index contributed by atoms with van der Waals surface area (Å²) in [7, 11) is 2.04. The van der Waals surface area contributed by atoms with Crippen molar-refractivity contribution in [1.82, 2.24) is 4.90 Å². The van der Waals surface area contributed by atoms with Crippen LogP contribution < -0.4 is 4.74 Å². The number of para-hydroxylation sites is 1. The smallest absolute Gasteiger partial charge is 0.276 e. The molecule has 1 aliphatic rings. The van der Waals surface area contributed by atoms with Crippen LogP contribution in [0, 0.1) is 10.1 Å². The Bertz CT molecular complexity index is 771. The van der Waals surface area contributed by atoms with Crippen molar-refractivity contribution >= 4 is 11.8 Å². The van der Waals surface area contributed by atoms with Gasteiger partial charge < -0.3 is 4.74 Å². The van der Waals surface area contributed by atoms with Gasteiger partial charge in [-0.25, -0.2) is 0 Å². The van der Waals surface area contributed by atoms with Gasteiger partial charge in [0.1, 0.15) is 5.75 Å². The molecule has 124 valence electrons. The van der Waals surface area contributed by atoms with Gasteiger partial charge in [0.15, 0.2) is 0 Å². The van der Waals surface area contributed by atoms with Crippen LogP contribution >= 0.6 is 0 Å². The Morgan fingerprint density at radius 2 is 2.12 bits per heavy atom. The molecule has 0 radical (unpaired) electrons. The van der Waals surface area contributed by atoms with Crippen LogP contribution in [0.5, 0.6) is 5.75 Å². The fraction of sp³-hybridized carbons (Fsp3) is 0.263. The summed E-state index contributed by atoms with van der Waals surface area (Å²) >= 11 is 0. The maximum Gasteiger partial charge on any atom is 0.276 e. The molecule has 0 saturated carbocycles. The number of nitrogens with zero attached hydrogens (tertiary/aromatic N) is 2. The van der Waals surface area contributed by atoms with Crippen molar-refractivity contribution in [2.24, 2.45) is 0 Å². The summed E-state index contributed by atoms with van der Waals surface area (Å²) < 4.78 is 5.52. The average Bonchev–Trinajstić information content (AvgIpc) is 3.03. The molecule has 0 aromatic heterocycles. The van der Waals surface area contributed by atoms with Gasteiger partial charge in [0.05, 0.1) is 17.1 Å². The third kappa shape index (κ3) is 3.81. The number of nitro benzene ring substituents is 1. The molecule has 2 aromatic carbocycles. The Morgan fingerprint density at radius 1 is 1.29 bits per heavy atom. The minimum Gasteiger partial charge on any atom is -0.493 e. The first-order chi connectivity index (χ1) is 11.6. The number of hydrogen-bond acceptors (Lipinski definition) is 4. The number of likely N-dealkylation sites (N-methyl/N-ethyl adjacent to an activating group) is 1. The Labute approximate surface area is 141 Å². The number of ether oxygens (including phenoxy) is 1. The van der Waals surface area contributed by atoms with Crippen LogP contribution in [0.15, 0.2) is 48.5 Å². The highest BCUT2D eigenvalue weighted by molar-refractivity contribution is 5.60. The van der Waals surface area contributed by atoms with Crippen molar-refractivity contribution in [3.63, 3.8) is 0 Å². The summed E-state index contributed by atoms with van der Waals surface area (Å²) in [5.74, 6) is 0.998. The lowest BCUT2D eigenvalue weighted by Crippen LogP contribution is -2.17. The summed E-state index contributed by atoms with van der Waals surface area (Å²) in [5, 5.41) is 11.0. The Morgan fingerprint density at radius 3 is 2.96 bits per heavy atom. The number of rotatable bonds is 6. The standard InChI is InChI=1S/C19H20N2O3/c1-20(14-15-8-9-19-17(13-15)10-12-24-19)11-4-6-16-5-2-3-7-18(16)21(22)23/h2-9,13H,10-12,14H2,1H3/b6-4+. The topological polar surface area (TPSA) is 55.6 Å². The van der Waals surface area contributed by atoms with Crippen molar-refractivity contribution in [1.29, 1.82) is 0 Å². The molecule has 0 fully saturated rings. The quantitative estimate of drug-likeness (QED) is 0.601. The molecule has 0 spiro atoms. The molecule has 2 aromatic rings. The highest BCUT2D eigenvalue weighted by Crippen LogP contribution is 2.26. The Kier molecular flexibility index (Phi) is 4.91. The zero-order valence-corrected chi connectivity index (χ0v) is 13.6. The fourth-order valence-corrected chi connectivity index (χ4v) is 2.87. The van der Waals surface area contributed by atoms with E-state index in [9.17, 15) is 10.1 Å². The minimum absolute atomic E-state index is 0.134. The van der Waals surface area contributed by atoms with Crippen LogP contribution in [0.3, 0.4) is 0 Å². The molecule has 0 atom stereocenters. The summed E-state index contributed by atoms with van der Waals surface area (Å²) in [4.78, 5) is 12.8. The van der Waals surface area contributed by atoms with Gasteiger partial charge in [-0.3, -0.25) is 15.0 Å². The van der Waals surface area contributed by atoms with Crippen molar-refractivity contribution in [2.75, 3.05) is 20.2 Å². The van der Waals surface area contributed by atoms with E-state index in [1.54, 1.807) is 12.1 Å². The van der Waals surface area contributed by atoms with Gasteiger partial charge in [-0.05, 0) is 30.3 Å². The monoisotopic (exact) mass is 324 g/mol. The van der Waals surface area contributed by atoms with Crippen LogP contribution in [0.25, 0.3) is 6.08 Å². The summed E-state index contributed by atoms with van der Waals surface area (Å²) in [6, 6.07) is 13.1. The number of nitro groups is 1. The largest absolute Gasteiger partial charge is 0.493 e. The average molecular weight is 324 g/mol. The predicted octanol–water partition coefficient (Wildman–Crippen LogP) is 3.67. The second kappa shape index (κ2) is 7.27. The third-order valence-electron chi connectivity index (χ3n) is 4.05. The van der Waals surface area contributed by atoms with Gasteiger partial charge in [-0.2, -0.15) is 0 Å². The maximum absolute atomic E-state index is 11.0. The van der Waals surface area contributed by atoms with Crippen LogP contribution in [0.1, 0.15) is 16.7 Å². The molecule has 3 rings (SSSR count). The predicted molar refractivity (Wildman–Crippen MR) is 94.1 cm³/mol. The van der Waals surface area contributed by atoms with E-state index in [1.807, 2.05) is 31.3 Å². The highest BCUT2D eigenvalue weighted by Gasteiger charge is 2.12. The maximum atomic E-state index is 11.0. The molecule has 1 heterocycles. The molecule has 5 heteroatoms. The van der Waals surface area contributed by atoms with E-state index in [1.165, 1.54) is 17.2 Å². The first-order valence-corrected chi connectivity index (χ1v) is 7.96. The van der Waals surface area contributed by atoms with Gasteiger partial charge in [-0.15, -0.1) is 0 Å². The molecule has 0 unspecified atom stereocenters. The van der Waals surface area contributed by atoms with Crippen LogP contribution in [0.4, 0.5) is 5.69 Å². The van der Waals surface area contributed by atoms with E-state index in [0.29, 0.717) is 5.56 Å². The molecule has 1 aliphatic heterocycles. The molecule has 0 N–H and O–H groups in total. The Hall–Kier alpha value is -2.66. The number of fused-ring (bicyclic) bond motifs is 1. The second-order valence-corrected chi connectivity index (χ2v) is 5.96. The van der Waals surface area contributed by atoms with E-state index < -0.39 is 0 Å². The van der Waals surface area contributed by atoms with Gasteiger partial charge in [-0.1, -0.05) is 36.4 Å². The van der Waals surface area contributed by atoms with E-state index in [-0.39, 0.29) is 10.6 Å². The molecule has 0 aliphatic carbocycles.